The highest BCUT2D eigenvalue weighted by molar-refractivity contribution is 7.89. The first-order chi connectivity index (χ1) is 12.0. The second-order valence-corrected chi connectivity index (χ2v) is 9.49. The van der Waals surface area contributed by atoms with Gasteiger partial charge in [0, 0.05) is 18.1 Å². The van der Waals surface area contributed by atoms with Gasteiger partial charge in [0.25, 0.3) is 0 Å². The first kappa shape index (κ1) is 22.4. The van der Waals surface area contributed by atoms with Crippen molar-refractivity contribution < 1.29 is 8.42 Å². The summed E-state index contributed by atoms with van der Waals surface area (Å²) in [5, 5.41) is 6.57. The molecule has 1 unspecified atom stereocenters. The zero-order chi connectivity index (χ0) is 20.0. The second kappa shape index (κ2) is 9.37. The van der Waals surface area contributed by atoms with Crippen LogP contribution < -0.4 is 15.4 Å². The van der Waals surface area contributed by atoms with Crippen LogP contribution in [0.4, 0.5) is 0 Å². The number of guanidine groups is 1. The van der Waals surface area contributed by atoms with Crippen molar-refractivity contribution in [2.45, 2.75) is 71.5 Å². The fraction of sp³-hybridized carbons (Fsp3) is 0.632. The Morgan fingerprint density at radius 2 is 1.77 bits per heavy atom. The van der Waals surface area contributed by atoms with E-state index in [9.17, 15) is 8.42 Å². The predicted octanol–water partition coefficient (Wildman–Crippen LogP) is 2.86. The van der Waals surface area contributed by atoms with E-state index in [4.69, 9.17) is 0 Å². The largest absolute Gasteiger partial charge is 0.357 e. The standard InChI is InChI=1S/C19H34N4O2S/c1-8-20-18(22-15(4)14(2)3)21-13-16-11-9-10-12-17(16)26(24,25)23-19(5,6)7/h9-12,14-15,23H,8,13H2,1-7H3,(H2,20,21,22). The van der Waals surface area contributed by atoms with Gasteiger partial charge in [-0.3, -0.25) is 0 Å². The molecule has 148 valence electrons. The zero-order valence-corrected chi connectivity index (χ0v) is 17.9. The molecule has 0 saturated heterocycles. The zero-order valence-electron chi connectivity index (χ0n) is 17.1. The summed E-state index contributed by atoms with van der Waals surface area (Å²) in [5.41, 5.74) is 0.122. The van der Waals surface area contributed by atoms with Gasteiger partial charge in [-0.05, 0) is 52.2 Å². The fourth-order valence-corrected chi connectivity index (χ4v) is 3.87. The molecule has 0 bridgehead atoms. The van der Waals surface area contributed by atoms with Crippen molar-refractivity contribution >= 4 is 16.0 Å². The number of sulfonamides is 1. The Hall–Kier alpha value is -1.60. The SMILES string of the molecule is CCNC(=NCc1ccccc1S(=O)(=O)NC(C)(C)C)NC(C)C(C)C. The van der Waals surface area contributed by atoms with Crippen molar-refractivity contribution in [2.75, 3.05) is 6.54 Å². The van der Waals surface area contributed by atoms with Gasteiger partial charge < -0.3 is 10.6 Å². The Labute approximate surface area is 158 Å². The minimum absolute atomic E-state index is 0.259. The lowest BCUT2D eigenvalue weighted by Gasteiger charge is -2.22. The Bertz CT molecular complexity index is 706. The predicted molar refractivity (Wildman–Crippen MR) is 109 cm³/mol. The number of nitrogens with zero attached hydrogens (tertiary/aromatic N) is 1. The molecule has 0 aliphatic heterocycles. The molecule has 0 aliphatic carbocycles. The Morgan fingerprint density at radius 1 is 1.15 bits per heavy atom. The number of hydrogen-bond donors (Lipinski definition) is 3. The van der Waals surface area contributed by atoms with Crippen LogP contribution in [0.5, 0.6) is 0 Å². The molecule has 1 atom stereocenters. The molecule has 0 aliphatic rings. The van der Waals surface area contributed by atoms with Gasteiger partial charge in [-0.1, -0.05) is 32.0 Å². The molecular weight excluding hydrogens is 348 g/mol. The molecule has 1 aromatic carbocycles. The highest BCUT2D eigenvalue weighted by Gasteiger charge is 2.24. The lowest BCUT2D eigenvalue weighted by molar-refractivity contribution is 0.481. The summed E-state index contributed by atoms with van der Waals surface area (Å²) in [6, 6.07) is 7.24. The Morgan fingerprint density at radius 3 is 2.31 bits per heavy atom. The maximum Gasteiger partial charge on any atom is 0.241 e. The molecule has 0 spiro atoms. The average molecular weight is 383 g/mol. The lowest BCUT2D eigenvalue weighted by atomic mass is 10.1. The maximum absolute atomic E-state index is 12.7. The first-order valence-corrected chi connectivity index (χ1v) is 10.6. The van der Waals surface area contributed by atoms with Crippen LogP contribution in [0.25, 0.3) is 0 Å². The van der Waals surface area contributed by atoms with Crippen molar-refractivity contribution in [1.82, 2.24) is 15.4 Å². The summed E-state index contributed by atoms with van der Waals surface area (Å²) in [5.74, 6) is 1.15. The summed E-state index contributed by atoms with van der Waals surface area (Å²) >= 11 is 0. The normalized spacial score (nSPS) is 14.4. The van der Waals surface area contributed by atoms with E-state index in [-0.39, 0.29) is 17.5 Å². The van der Waals surface area contributed by atoms with E-state index in [2.05, 4.69) is 41.1 Å². The third kappa shape index (κ3) is 7.33. The van der Waals surface area contributed by atoms with E-state index < -0.39 is 15.6 Å². The molecule has 6 nitrogen and oxygen atoms in total. The van der Waals surface area contributed by atoms with Crippen LogP contribution in [0.2, 0.25) is 0 Å². The van der Waals surface area contributed by atoms with E-state index in [0.717, 1.165) is 6.54 Å². The summed E-state index contributed by atoms with van der Waals surface area (Å²) in [7, 11) is -3.61. The molecule has 0 fully saturated rings. The van der Waals surface area contributed by atoms with Crippen LogP contribution in [-0.2, 0) is 16.6 Å². The maximum atomic E-state index is 12.7. The van der Waals surface area contributed by atoms with Crippen LogP contribution in [-0.4, -0.2) is 32.5 Å². The number of aliphatic imine (C=N–C) groups is 1. The minimum atomic E-state index is -3.61. The summed E-state index contributed by atoms with van der Waals surface area (Å²) < 4.78 is 28.1. The number of hydrogen-bond acceptors (Lipinski definition) is 3. The van der Waals surface area contributed by atoms with Gasteiger partial charge in [-0.25, -0.2) is 18.1 Å². The fourth-order valence-electron chi connectivity index (χ4n) is 2.22. The van der Waals surface area contributed by atoms with Gasteiger partial charge in [0.15, 0.2) is 5.96 Å². The first-order valence-electron chi connectivity index (χ1n) is 9.13. The molecule has 1 aromatic rings. The third-order valence-electron chi connectivity index (χ3n) is 3.82. The molecule has 0 radical (unpaired) electrons. The van der Waals surface area contributed by atoms with Crippen LogP contribution >= 0.6 is 0 Å². The van der Waals surface area contributed by atoms with Gasteiger partial charge in [-0.15, -0.1) is 0 Å². The van der Waals surface area contributed by atoms with Crippen molar-refractivity contribution in [3.63, 3.8) is 0 Å². The van der Waals surface area contributed by atoms with Gasteiger partial charge in [0.05, 0.1) is 11.4 Å². The second-order valence-electron chi connectivity index (χ2n) is 7.84. The average Bonchev–Trinajstić information content (AvgIpc) is 2.50. The highest BCUT2D eigenvalue weighted by atomic mass is 32.2. The molecule has 0 heterocycles. The van der Waals surface area contributed by atoms with Crippen LogP contribution in [0.3, 0.4) is 0 Å². The third-order valence-corrected chi connectivity index (χ3v) is 5.68. The van der Waals surface area contributed by atoms with E-state index in [0.29, 0.717) is 17.4 Å². The van der Waals surface area contributed by atoms with E-state index in [1.165, 1.54) is 0 Å². The molecule has 7 heteroatoms. The van der Waals surface area contributed by atoms with Gasteiger partial charge in [-0.2, -0.15) is 0 Å². The molecule has 26 heavy (non-hydrogen) atoms. The quantitative estimate of drug-likeness (QED) is 0.500. The Kier molecular flexibility index (Phi) is 8.09. The smallest absolute Gasteiger partial charge is 0.241 e. The topological polar surface area (TPSA) is 82.6 Å². The van der Waals surface area contributed by atoms with E-state index >= 15 is 0 Å². The van der Waals surface area contributed by atoms with Crippen LogP contribution in [0.15, 0.2) is 34.2 Å². The van der Waals surface area contributed by atoms with Gasteiger partial charge in [0.2, 0.25) is 10.0 Å². The van der Waals surface area contributed by atoms with Crippen molar-refractivity contribution in [3.05, 3.63) is 29.8 Å². The number of rotatable bonds is 7. The molecular formula is C19H34N4O2S. The number of benzene rings is 1. The molecule has 0 aromatic heterocycles. The minimum Gasteiger partial charge on any atom is -0.357 e. The number of nitrogens with one attached hydrogen (secondary N) is 3. The van der Waals surface area contributed by atoms with Crippen molar-refractivity contribution in [3.8, 4) is 0 Å². The van der Waals surface area contributed by atoms with Gasteiger partial charge in [0.1, 0.15) is 0 Å². The summed E-state index contributed by atoms with van der Waals surface area (Å²) in [6.07, 6.45) is 0. The molecule has 0 saturated carbocycles. The van der Waals surface area contributed by atoms with Crippen LogP contribution in [0, 0.1) is 5.92 Å². The molecule has 1 rings (SSSR count). The lowest BCUT2D eigenvalue weighted by Crippen LogP contribution is -2.44. The molecule has 3 N–H and O–H groups in total. The highest BCUT2D eigenvalue weighted by Crippen LogP contribution is 2.18. The summed E-state index contributed by atoms with van der Waals surface area (Å²) in [6.45, 7) is 14.9. The van der Waals surface area contributed by atoms with Crippen LogP contribution in [0.1, 0.15) is 54.0 Å². The van der Waals surface area contributed by atoms with Gasteiger partial charge >= 0.3 is 0 Å². The van der Waals surface area contributed by atoms with Crippen molar-refractivity contribution in [2.24, 2.45) is 10.9 Å². The van der Waals surface area contributed by atoms with E-state index in [1.54, 1.807) is 18.2 Å². The summed E-state index contributed by atoms with van der Waals surface area (Å²) in [4.78, 5) is 4.85. The molecule has 0 amide bonds. The Balaban J connectivity index is 3.09. The van der Waals surface area contributed by atoms with E-state index in [1.807, 2.05) is 33.8 Å². The van der Waals surface area contributed by atoms with Crippen molar-refractivity contribution in [1.29, 1.82) is 0 Å². The monoisotopic (exact) mass is 382 g/mol.